The summed E-state index contributed by atoms with van der Waals surface area (Å²) in [4.78, 5) is 35.6. The van der Waals surface area contributed by atoms with Gasteiger partial charge in [-0.15, -0.1) is 0 Å². The van der Waals surface area contributed by atoms with Crippen molar-refractivity contribution in [1.29, 1.82) is 0 Å². The minimum Gasteiger partial charge on any atom is -0.480 e. The first-order valence-corrected chi connectivity index (χ1v) is 9.16. The number of carboxylic acids is 1. The van der Waals surface area contributed by atoms with Crippen LogP contribution in [0.3, 0.4) is 0 Å². The van der Waals surface area contributed by atoms with Crippen molar-refractivity contribution in [3.63, 3.8) is 0 Å². The number of ether oxygens (including phenoxy) is 1. The summed E-state index contributed by atoms with van der Waals surface area (Å²) in [6.07, 6.45) is 2.37. The number of carbonyl (C=O) groups excluding carboxylic acids is 2. The van der Waals surface area contributed by atoms with E-state index in [0.717, 1.165) is 0 Å². The molecule has 2 rings (SSSR count). The van der Waals surface area contributed by atoms with E-state index in [2.05, 4.69) is 5.32 Å². The number of carboxylic acid groups (broad SMARTS) is 1. The Kier molecular flexibility index (Phi) is 6.12. The van der Waals surface area contributed by atoms with Crippen LogP contribution in [0, 0.1) is 0 Å². The van der Waals surface area contributed by atoms with E-state index in [-0.39, 0.29) is 17.2 Å². The zero-order valence-electron chi connectivity index (χ0n) is 13.3. The van der Waals surface area contributed by atoms with Gasteiger partial charge in [-0.3, -0.25) is 4.79 Å². The van der Waals surface area contributed by atoms with Gasteiger partial charge in [0, 0.05) is 17.0 Å². The molecule has 1 amide bonds. The summed E-state index contributed by atoms with van der Waals surface area (Å²) in [6, 6.07) is 1.86. The van der Waals surface area contributed by atoms with Crippen molar-refractivity contribution in [3.05, 3.63) is 33.8 Å². The van der Waals surface area contributed by atoms with Crippen LogP contribution in [-0.2, 0) is 16.0 Å². The van der Waals surface area contributed by atoms with Crippen LogP contribution in [0.2, 0.25) is 5.02 Å². The molecule has 1 heterocycles. The molecule has 6 nitrogen and oxygen atoms in total. The summed E-state index contributed by atoms with van der Waals surface area (Å²) in [5.74, 6) is -1.61. The third kappa shape index (κ3) is 4.21. The molecule has 0 spiro atoms. The monoisotopic (exact) mass is 371 g/mol. The Bertz CT molecular complexity index is 679. The van der Waals surface area contributed by atoms with Crippen LogP contribution in [0.5, 0.6) is 0 Å². The van der Waals surface area contributed by atoms with Crippen molar-refractivity contribution in [3.8, 4) is 0 Å². The lowest BCUT2D eigenvalue weighted by Gasteiger charge is -2.23. The van der Waals surface area contributed by atoms with Crippen LogP contribution < -0.4 is 5.32 Å². The standard InChI is InChI=1S/C16H18ClNO5S/c1-8-5-10-11(16(22)23-8)6-9(7-12(10)17)14(19)18-13(15(20)21)3-4-24-2/h6-8,13H,3-5H2,1-2H3,(H,18,19)(H,20,21)/t8?,13-/m0/s1. The fourth-order valence-corrected chi connectivity index (χ4v) is 3.24. The number of fused-ring (bicyclic) bond motifs is 1. The van der Waals surface area contributed by atoms with Gasteiger partial charge >= 0.3 is 11.9 Å². The van der Waals surface area contributed by atoms with Gasteiger partial charge < -0.3 is 15.2 Å². The quantitative estimate of drug-likeness (QED) is 0.746. The maximum atomic E-state index is 12.3. The first-order valence-electron chi connectivity index (χ1n) is 7.39. The molecule has 0 fully saturated rings. The largest absolute Gasteiger partial charge is 0.480 e. The maximum absolute atomic E-state index is 12.3. The Morgan fingerprint density at radius 1 is 1.50 bits per heavy atom. The van der Waals surface area contributed by atoms with E-state index in [1.165, 1.54) is 23.9 Å². The Labute approximate surface area is 148 Å². The summed E-state index contributed by atoms with van der Waals surface area (Å²) in [5, 5.41) is 12.0. The van der Waals surface area contributed by atoms with Crippen molar-refractivity contribution >= 4 is 41.2 Å². The number of amides is 1. The number of esters is 1. The highest BCUT2D eigenvalue weighted by Gasteiger charge is 2.28. The molecular weight excluding hydrogens is 354 g/mol. The van der Waals surface area contributed by atoms with Crippen molar-refractivity contribution in [1.82, 2.24) is 5.32 Å². The third-order valence-corrected chi connectivity index (χ3v) is 4.67. The van der Waals surface area contributed by atoms with Gasteiger partial charge in [0.25, 0.3) is 5.91 Å². The molecule has 0 radical (unpaired) electrons. The predicted octanol–water partition coefficient (Wildman–Crippen LogP) is 2.38. The number of rotatable bonds is 6. The van der Waals surface area contributed by atoms with Crippen LogP contribution in [0.25, 0.3) is 0 Å². The third-order valence-electron chi connectivity index (χ3n) is 3.69. The van der Waals surface area contributed by atoms with Crippen molar-refractivity contribution in [2.24, 2.45) is 0 Å². The molecule has 2 atom stereocenters. The predicted molar refractivity (Wildman–Crippen MR) is 91.9 cm³/mol. The van der Waals surface area contributed by atoms with E-state index in [0.29, 0.717) is 29.2 Å². The molecule has 8 heteroatoms. The second-order valence-corrected chi connectivity index (χ2v) is 6.94. The number of hydrogen-bond donors (Lipinski definition) is 2. The minimum atomic E-state index is -1.10. The highest BCUT2D eigenvalue weighted by atomic mass is 35.5. The molecule has 1 aliphatic heterocycles. The van der Waals surface area contributed by atoms with Gasteiger partial charge in [0.1, 0.15) is 12.1 Å². The van der Waals surface area contributed by atoms with Gasteiger partial charge in [0.05, 0.1) is 5.56 Å². The molecule has 1 unspecified atom stereocenters. The van der Waals surface area contributed by atoms with Crippen LogP contribution in [0.4, 0.5) is 0 Å². The van der Waals surface area contributed by atoms with Crippen molar-refractivity contribution < 1.29 is 24.2 Å². The number of aliphatic carboxylic acids is 1. The van der Waals surface area contributed by atoms with E-state index in [4.69, 9.17) is 16.3 Å². The Hall–Kier alpha value is -1.73. The fourth-order valence-electron chi connectivity index (χ4n) is 2.47. The summed E-state index contributed by atoms with van der Waals surface area (Å²) < 4.78 is 5.15. The topological polar surface area (TPSA) is 92.7 Å². The lowest BCUT2D eigenvalue weighted by molar-refractivity contribution is -0.139. The van der Waals surface area contributed by atoms with Crippen molar-refractivity contribution in [2.75, 3.05) is 12.0 Å². The highest BCUT2D eigenvalue weighted by molar-refractivity contribution is 7.98. The summed E-state index contributed by atoms with van der Waals surface area (Å²) in [5.41, 5.74) is 1.04. The molecule has 0 saturated heterocycles. The van der Waals surface area contributed by atoms with Gasteiger partial charge in [-0.25, -0.2) is 9.59 Å². The van der Waals surface area contributed by atoms with Gasteiger partial charge in [0.15, 0.2) is 0 Å². The van der Waals surface area contributed by atoms with E-state index < -0.39 is 23.9 Å². The second-order valence-electron chi connectivity index (χ2n) is 5.55. The number of benzene rings is 1. The number of halogens is 1. The summed E-state index contributed by atoms with van der Waals surface area (Å²) in [6.45, 7) is 1.76. The number of cyclic esters (lactones) is 1. The molecule has 1 aromatic rings. The Morgan fingerprint density at radius 2 is 2.21 bits per heavy atom. The van der Waals surface area contributed by atoms with Crippen LogP contribution in [-0.4, -0.2) is 47.1 Å². The van der Waals surface area contributed by atoms with Gasteiger partial charge in [-0.2, -0.15) is 11.8 Å². The van der Waals surface area contributed by atoms with Gasteiger partial charge in [-0.1, -0.05) is 11.6 Å². The first-order chi connectivity index (χ1) is 11.3. The minimum absolute atomic E-state index is 0.139. The highest BCUT2D eigenvalue weighted by Crippen LogP contribution is 2.29. The Morgan fingerprint density at radius 3 is 2.83 bits per heavy atom. The number of carbonyl (C=O) groups is 3. The zero-order chi connectivity index (χ0) is 17.9. The summed E-state index contributed by atoms with van der Waals surface area (Å²) >= 11 is 7.69. The van der Waals surface area contributed by atoms with E-state index in [1.54, 1.807) is 6.92 Å². The molecule has 0 aliphatic carbocycles. The molecule has 0 saturated carbocycles. The van der Waals surface area contributed by atoms with Gasteiger partial charge in [0.2, 0.25) is 0 Å². The molecule has 130 valence electrons. The first kappa shape index (κ1) is 18.6. The van der Waals surface area contributed by atoms with Crippen LogP contribution in [0.1, 0.15) is 39.6 Å². The average Bonchev–Trinajstić information content (AvgIpc) is 2.51. The average molecular weight is 372 g/mol. The lowest BCUT2D eigenvalue weighted by atomic mass is 9.96. The fraction of sp³-hybridized carbons (Fsp3) is 0.438. The van der Waals surface area contributed by atoms with Crippen molar-refractivity contribution in [2.45, 2.75) is 31.9 Å². The van der Waals surface area contributed by atoms with Gasteiger partial charge in [-0.05, 0) is 43.0 Å². The number of hydrogen-bond acceptors (Lipinski definition) is 5. The van der Waals surface area contributed by atoms with Crippen LogP contribution >= 0.6 is 23.4 Å². The molecule has 2 N–H and O–H groups in total. The zero-order valence-corrected chi connectivity index (χ0v) is 14.9. The van der Waals surface area contributed by atoms with Crippen LogP contribution in [0.15, 0.2) is 12.1 Å². The molecule has 24 heavy (non-hydrogen) atoms. The molecule has 0 aromatic heterocycles. The number of thioether (sulfide) groups is 1. The molecule has 0 bridgehead atoms. The Balaban J connectivity index is 2.24. The van der Waals surface area contributed by atoms with E-state index in [1.807, 2.05) is 6.26 Å². The molecule has 1 aliphatic rings. The second kappa shape index (κ2) is 7.90. The van der Waals surface area contributed by atoms with E-state index in [9.17, 15) is 19.5 Å². The summed E-state index contributed by atoms with van der Waals surface area (Å²) in [7, 11) is 0. The maximum Gasteiger partial charge on any atom is 0.338 e. The number of nitrogens with one attached hydrogen (secondary N) is 1. The van der Waals surface area contributed by atoms with E-state index >= 15 is 0 Å². The smallest absolute Gasteiger partial charge is 0.338 e. The lowest BCUT2D eigenvalue weighted by Crippen LogP contribution is -2.41. The normalized spacial score (nSPS) is 17.6. The SMILES string of the molecule is CSCC[C@H](NC(=O)c1cc(Cl)c2c(c1)C(=O)OC(C)C2)C(=O)O. The molecule has 1 aromatic carbocycles. The molecular formula is C16H18ClNO5S.